The van der Waals surface area contributed by atoms with Crippen LogP contribution in [0.1, 0.15) is 42.2 Å². The molecule has 6 nitrogen and oxygen atoms in total. The van der Waals surface area contributed by atoms with Gasteiger partial charge in [-0.3, -0.25) is 4.79 Å². The van der Waals surface area contributed by atoms with E-state index >= 15 is 0 Å². The lowest BCUT2D eigenvalue weighted by Gasteiger charge is -2.17. The number of nitrogens with zero attached hydrogens (tertiary/aromatic N) is 1. The van der Waals surface area contributed by atoms with Crippen molar-refractivity contribution in [2.24, 2.45) is 0 Å². The number of methoxy groups -OCH3 is 2. The minimum atomic E-state index is -0.504. The predicted octanol–water partition coefficient (Wildman–Crippen LogP) is 4.34. The van der Waals surface area contributed by atoms with Gasteiger partial charge in [0.25, 0.3) is 0 Å². The molecule has 2 N–H and O–H groups in total. The normalized spacial score (nSPS) is 14.2. The number of nitriles is 1. The Kier molecular flexibility index (Phi) is 6.42. The van der Waals surface area contributed by atoms with Crippen LogP contribution in [0.2, 0.25) is 0 Å². The third-order valence-corrected chi connectivity index (χ3v) is 6.15. The molecule has 7 heteroatoms. The van der Waals surface area contributed by atoms with Crippen molar-refractivity contribution in [3.8, 4) is 17.6 Å². The van der Waals surface area contributed by atoms with Crippen molar-refractivity contribution in [1.82, 2.24) is 0 Å². The van der Waals surface area contributed by atoms with Crippen LogP contribution < -0.4 is 20.1 Å². The van der Waals surface area contributed by atoms with Crippen molar-refractivity contribution < 1.29 is 14.3 Å². The number of rotatable bonds is 6. The molecule has 1 aliphatic carbocycles. The highest BCUT2D eigenvalue weighted by atomic mass is 32.1. The summed E-state index contributed by atoms with van der Waals surface area (Å²) in [5.41, 5.74) is 2.45. The van der Waals surface area contributed by atoms with Crippen LogP contribution in [0.4, 0.5) is 10.7 Å². The molecule has 1 aromatic heterocycles. The summed E-state index contributed by atoms with van der Waals surface area (Å²) in [6, 6.07) is 7.17. The number of amides is 1. The topological polar surface area (TPSA) is 83.4 Å². The minimum absolute atomic E-state index is 0.189. The summed E-state index contributed by atoms with van der Waals surface area (Å²) >= 11 is 1.54. The Morgan fingerprint density at radius 2 is 2.00 bits per heavy atom. The van der Waals surface area contributed by atoms with Gasteiger partial charge in [-0.15, -0.1) is 11.3 Å². The predicted molar refractivity (Wildman–Crippen MR) is 112 cm³/mol. The fourth-order valence-electron chi connectivity index (χ4n) is 3.39. The second kappa shape index (κ2) is 8.98. The van der Waals surface area contributed by atoms with Gasteiger partial charge in [-0.25, -0.2) is 0 Å². The number of nitrogens with one attached hydrogen (secondary N) is 2. The fraction of sp³-hybridized carbons (Fsp3) is 0.429. The molecular weight excluding hydrogens is 374 g/mol. The summed E-state index contributed by atoms with van der Waals surface area (Å²) in [5.74, 6) is 1.09. The lowest BCUT2D eigenvalue weighted by Crippen LogP contribution is -2.32. The van der Waals surface area contributed by atoms with Crippen molar-refractivity contribution in [3.05, 3.63) is 34.2 Å². The summed E-state index contributed by atoms with van der Waals surface area (Å²) in [6.45, 7) is 1.78. The number of thiophene rings is 1. The van der Waals surface area contributed by atoms with Crippen LogP contribution in [0, 0.1) is 11.3 Å². The smallest absolute Gasteiger partial charge is 0.247 e. The van der Waals surface area contributed by atoms with E-state index < -0.39 is 6.04 Å². The molecule has 1 atom stereocenters. The molecule has 0 aliphatic heterocycles. The second-order valence-electron chi connectivity index (χ2n) is 6.80. The molecule has 1 unspecified atom stereocenters. The lowest BCUT2D eigenvalue weighted by molar-refractivity contribution is -0.116. The summed E-state index contributed by atoms with van der Waals surface area (Å²) in [4.78, 5) is 14.0. The number of fused-ring (bicyclic) bond motifs is 1. The Morgan fingerprint density at radius 3 is 2.71 bits per heavy atom. The number of carbonyl (C=O) groups excluding carboxylic acids is 1. The molecule has 2 aromatic rings. The first-order valence-corrected chi connectivity index (χ1v) is 10.2. The van der Waals surface area contributed by atoms with Gasteiger partial charge in [0, 0.05) is 10.9 Å². The van der Waals surface area contributed by atoms with Crippen LogP contribution in [-0.4, -0.2) is 26.2 Å². The van der Waals surface area contributed by atoms with Gasteiger partial charge in [-0.1, -0.05) is 6.42 Å². The maximum absolute atomic E-state index is 12.7. The van der Waals surface area contributed by atoms with Crippen molar-refractivity contribution in [1.29, 1.82) is 5.26 Å². The number of hydrogen-bond acceptors (Lipinski definition) is 6. The largest absolute Gasteiger partial charge is 0.497 e. The maximum atomic E-state index is 12.7. The van der Waals surface area contributed by atoms with Crippen molar-refractivity contribution >= 4 is 27.9 Å². The zero-order valence-corrected chi connectivity index (χ0v) is 17.2. The SMILES string of the molecule is COc1ccc(NC(C)C(=O)Nc2sc3c(c2C#N)CCCCC3)c(OC)c1. The van der Waals surface area contributed by atoms with Crippen LogP contribution in [0.3, 0.4) is 0 Å². The molecule has 1 amide bonds. The van der Waals surface area contributed by atoms with Crippen molar-refractivity contribution in [2.45, 2.75) is 45.1 Å². The van der Waals surface area contributed by atoms with E-state index in [9.17, 15) is 10.1 Å². The minimum Gasteiger partial charge on any atom is -0.497 e. The Labute approximate surface area is 169 Å². The number of aryl methyl sites for hydroxylation is 1. The highest BCUT2D eigenvalue weighted by molar-refractivity contribution is 7.16. The average molecular weight is 400 g/mol. The first-order chi connectivity index (χ1) is 13.6. The monoisotopic (exact) mass is 399 g/mol. The van der Waals surface area contributed by atoms with E-state index in [4.69, 9.17) is 9.47 Å². The molecule has 0 radical (unpaired) electrons. The summed E-state index contributed by atoms with van der Waals surface area (Å²) in [5, 5.41) is 16.4. The number of ether oxygens (including phenoxy) is 2. The molecule has 1 heterocycles. The van der Waals surface area contributed by atoms with E-state index in [1.54, 1.807) is 44.6 Å². The molecule has 28 heavy (non-hydrogen) atoms. The van der Waals surface area contributed by atoms with Crippen molar-refractivity contribution in [2.75, 3.05) is 24.9 Å². The second-order valence-corrected chi connectivity index (χ2v) is 7.91. The Balaban J connectivity index is 1.74. The third-order valence-electron chi connectivity index (χ3n) is 4.94. The first-order valence-electron chi connectivity index (χ1n) is 9.41. The van der Waals surface area contributed by atoms with Crippen LogP contribution in [0.5, 0.6) is 11.5 Å². The van der Waals surface area contributed by atoms with E-state index in [1.807, 2.05) is 6.07 Å². The number of anilines is 2. The first kappa shape index (κ1) is 20.0. The van der Waals surface area contributed by atoms with Gasteiger partial charge in [-0.05, 0) is 50.3 Å². The van der Waals surface area contributed by atoms with E-state index in [0.717, 1.165) is 31.2 Å². The third kappa shape index (κ3) is 4.23. The molecular formula is C21H25N3O3S. The zero-order chi connectivity index (χ0) is 20.1. The van der Waals surface area contributed by atoms with Crippen LogP contribution in [0.15, 0.2) is 18.2 Å². The Morgan fingerprint density at radius 1 is 1.21 bits per heavy atom. The van der Waals surface area contributed by atoms with Crippen LogP contribution in [-0.2, 0) is 17.6 Å². The Bertz CT molecular complexity index is 901. The molecule has 0 bridgehead atoms. The maximum Gasteiger partial charge on any atom is 0.247 e. The van der Waals surface area contributed by atoms with Crippen molar-refractivity contribution in [3.63, 3.8) is 0 Å². The molecule has 1 aromatic carbocycles. The number of hydrogen-bond donors (Lipinski definition) is 2. The molecule has 1 aliphatic rings. The van der Waals surface area contributed by atoms with Crippen LogP contribution >= 0.6 is 11.3 Å². The highest BCUT2D eigenvalue weighted by Crippen LogP contribution is 2.37. The Hall–Kier alpha value is -2.72. The highest BCUT2D eigenvalue weighted by Gasteiger charge is 2.23. The fourth-order valence-corrected chi connectivity index (χ4v) is 4.63. The molecule has 0 saturated heterocycles. The van der Waals surface area contributed by atoms with Gasteiger partial charge in [0.05, 0.1) is 25.5 Å². The van der Waals surface area contributed by atoms with Crippen LogP contribution in [0.25, 0.3) is 0 Å². The summed E-state index contributed by atoms with van der Waals surface area (Å²) in [6.07, 6.45) is 5.34. The quantitative estimate of drug-likeness (QED) is 0.706. The van der Waals surface area contributed by atoms with E-state index in [-0.39, 0.29) is 5.91 Å². The molecule has 148 valence electrons. The van der Waals surface area contributed by atoms with E-state index in [1.165, 1.54) is 11.3 Å². The molecule has 3 rings (SSSR count). The van der Waals surface area contributed by atoms with Gasteiger partial charge in [0.2, 0.25) is 5.91 Å². The standard InChI is InChI=1S/C21H25N3O3S/c1-13(23-17-10-9-14(26-2)11-18(17)27-3)20(25)24-21-16(12-22)15-7-5-4-6-8-19(15)28-21/h9-11,13,23H,4-8H2,1-3H3,(H,24,25). The average Bonchev–Trinajstić information content (AvgIpc) is 2.86. The summed E-state index contributed by atoms with van der Waals surface area (Å²) in [7, 11) is 3.16. The van der Waals surface area contributed by atoms with Gasteiger partial charge in [0.1, 0.15) is 28.6 Å². The van der Waals surface area contributed by atoms with Gasteiger partial charge < -0.3 is 20.1 Å². The molecule has 0 spiro atoms. The van der Waals surface area contributed by atoms with E-state index in [2.05, 4.69) is 16.7 Å². The van der Waals surface area contributed by atoms with Gasteiger partial charge in [-0.2, -0.15) is 5.26 Å². The van der Waals surface area contributed by atoms with Gasteiger partial charge >= 0.3 is 0 Å². The molecule has 0 saturated carbocycles. The summed E-state index contributed by atoms with van der Waals surface area (Å²) < 4.78 is 10.6. The lowest BCUT2D eigenvalue weighted by atomic mass is 10.1. The molecule has 0 fully saturated rings. The van der Waals surface area contributed by atoms with E-state index in [0.29, 0.717) is 27.8 Å². The van der Waals surface area contributed by atoms with Gasteiger partial charge in [0.15, 0.2) is 0 Å². The number of carbonyl (C=O) groups is 1. The zero-order valence-electron chi connectivity index (χ0n) is 16.4. The number of benzene rings is 1.